The second-order valence-corrected chi connectivity index (χ2v) is 9.87. The van der Waals surface area contributed by atoms with E-state index in [1.54, 1.807) is 42.5 Å². The molecule has 2 fully saturated rings. The van der Waals surface area contributed by atoms with Gasteiger partial charge in [0.05, 0.1) is 10.6 Å². The fourth-order valence-electron chi connectivity index (χ4n) is 4.62. The number of amides is 1. The predicted molar refractivity (Wildman–Crippen MR) is 110 cm³/mol. The van der Waals surface area contributed by atoms with Gasteiger partial charge in [-0.15, -0.1) is 0 Å². The highest BCUT2D eigenvalue weighted by atomic mass is 32.2. The van der Waals surface area contributed by atoms with Gasteiger partial charge in [-0.25, -0.2) is 8.42 Å². The van der Waals surface area contributed by atoms with Gasteiger partial charge in [0, 0.05) is 6.04 Å². The number of nitrogens with zero attached hydrogens (tertiary/aromatic N) is 1. The zero-order valence-corrected chi connectivity index (χ0v) is 16.9. The van der Waals surface area contributed by atoms with E-state index in [1.165, 1.54) is 23.6 Å². The first-order valence-electron chi connectivity index (χ1n) is 9.87. The molecule has 1 amide bonds. The number of rotatable bonds is 6. The Hall–Kier alpha value is -2.34. The summed E-state index contributed by atoms with van der Waals surface area (Å²) in [6.07, 6.45) is 4.63. The molecule has 2 aliphatic rings. The van der Waals surface area contributed by atoms with E-state index >= 15 is 0 Å². The van der Waals surface area contributed by atoms with Crippen molar-refractivity contribution in [3.8, 4) is 0 Å². The normalized spacial score (nSPS) is 23.5. The van der Waals surface area contributed by atoms with Crippen molar-refractivity contribution >= 4 is 21.6 Å². The summed E-state index contributed by atoms with van der Waals surface area (Å²) in [6, 6.07) is 15.7. The maximum absolute atomic E-state index is 13.3. The third-order valence-corrected chi connectivity index (χ3v) is 7.78. The van der Waals surface area contributed by atoms with E-state index in [4.69, 9.17) is 0 Å². The number of carbonyl (C=O) groups excluding carboxylic acids is 1. The van der Waals surface area contributed by atoms with Crippen LogP contribution in [-0.2, 0) is 14.8 Å². The van der Waals surface area contributed by atoms with Gasteiger partial charge in [0.2, 0.25) is 5.91 Å². The molecule has 0 unspecified atom stereocenters. The van der Waals surface area contributed by atoms with Crippen LogP contribution in [0.25, 0.3) is 0 Å². The van der Waals surface area contributed by atoms with Gasteiger partial charge in [0.25, 0.3) is 10.0 Å². The van der Waals surface area contributed by atoms with Crippen LogP contribution >= 0.6 is 0 Å². The minimum atomic E-state index is -3.84. The number of anilines is 1. The second kappa shape index (κ2) is 7.59. The highest BCUT2D eigenvalue weighted by Crippen LogP contribution is 2.44. The van der Waals surface area contributed by atoms with E-state index in [0.717, 1.165) is 17.9 Å². The van der Waals surface area contributed by atoms with Crippen LogP contribution in [0, 0.1) is 18.8 Å². The first-order chi connectivity index (χ1) is 13.4. The molecule has 1 N–H and O–H groups in total. The van der Waals surface area contributed by atoms with Crippen LogP contribution < -0.4 is 9.62 Å². The predicted octanol–water partition coefficient (Wildman–Crippen LogP) is 3.50. The number of fused-ring (bicyclic) bond motifs is 2. The van der Waals surface area contributed by atoms with Crippen molar-refractivity contribution in [1.29, 1.82) is 0 Å². The fraction of sp³-hybridized carbons (Fsp3) is 0.409. The molecular formula is C22H26N2O3S. The average Bonchev–Trinajstić information content (AvgIpc) is 3.30. The summed E-state index contributed by atoms with van der Waals surface area (Å²) in [6.45, 7) is 1.70. The van der Waals surface area contributed by atoms with Crippen LogP contribution in [-0.4, -0.2) is 26.9 Å². The average molecular weight is 399 g/mol. The lowest BCUT2D eigenvalue weighted by atomic mass is 9.95. The molecule has 28 heavy (non-hydrogen) atoms. The van der Waals surface area contributed by atoms with Crippen molar-refractivity contribution in [1.82, 2.24) is 5.32 Å². The standard InChI is InChI=1S/C22H26N2O3S/c1-16-6-5-7-19(12-16)24(28(26,27)20-8-3-2-4-9-20)15-22(25)23-21-14-17-10-11-18(21)13-17/h2-9,12,17-18,21H,10-11,13-15H2,1H3,(H,23,25)/t17-,18-,21+/m1/s1. The molecule has 148 valence electrons. The molecule has 4 rings (SSSR count). The Morgan fingerprint density at radius 2 is 1.86 bits per heavy atom. The van der Waals surface area contributed by atoms with Gasteiger partial charge in [-0.3, -0.25) is 9.10 Å². The monoisotopic (exact) mass is 398 g/mol. The number of sulfonamides is 1. The van der Waals surface area contributed by atoms with Crippen LogP contribution in [0.15, 0.2) is 59.5 Å². The van der Waals surface area contributed by atoms with Gasteiger partial charge in [-0.2, -0.15) is 0 Å². The number of benzene rings is 2. The van der Waals surface area contributed by atoms with Crippen molar-refractivity contribution in [2.24, 2.45) is 11.8 Å². The fourth-order valence-corrected chi connectivity index (χ4v) is 6.06. The van der Waals surface area contributed by atoms with Crippen LogP contribution in [0.1, 0.15) is 31.2 Å². The minimum Gasteiger partial charge on any atom is -0.352 e. The summed E-state index contributed by atoms with van der Waals surface area (Å²) in [4.78, 5) is 13.0. The van der Waals surface area contributed by atoms with Gasteiger partial charge in [0.15, 0.2) is 0 Å². The SMILES string of the molecule is Cc1cccc(N(CC(=O)N[C@H]2C[C@@H]3CC[C@@H]2C3)S(=O)(=O)c2ccccc2)c1. The third kappa shape index (κ3) is 3.78. The summed E-state index contributed by atoms with van der Waals surface area (Å²) in [7, 11) is -3.84. The van der Waals surface area contributed by atoms with Crippen molar-refractivity contribution in [3.63, 3.8) is 0 Å². The van der Waals surface area contributed by atoms with Gasteiger partial charge >= 0.3 is 0 Å². The van der Waals surface area contributed by atoms with E-state index in [-0.39, 0.29) is 23.4 Å². The van der Waals surface area contributed by atoms with Crippen molar-refractivity contribution in [2.75, 3.05) is 10.8 Å². The Balaban J connectivity index is 1.59. The molecule has 0 radical (unpaired) electrons. The van der Waals surface area contributed by atoms with E-state index in [0.29, 0.717) is 11.6 Å². The van der Waals surface area contributed by atoms with Crippen molar-refractivity contribution < 1.29 is 13.2 Å². The maximum atomic E-state index is 13.3. The molecule has 2 saturated carbocycles. The third-order valence-electron chi connectivity index (χ3n) is 5.99. The highest BCUT2D eigenvalue weighted by Gasteiger charge is 2.40. The van der Waals surface area contributed by atoms with Crippen LogP contribution in [0.2, 0.25) is 0 Å². The molecule has 5 nitrogen and oxygen atoms in total. The molecule has 0 aliphatic heterocycles. The van der Waals surface area contributed by atoms with Crippen LogP contribution in [0.5, 0.6) is 0 Å². The summed E-state index contributed by atoms with van der Waals surface area (Å²) in [5, 5.41) is 3.10. The quantitative estimate of drug-likeness (QED) is 0.810. The molecule has 2 aromatic rings. The van der Waals surface area contributed by atoms with Crippen LogP contribution in [0.3, 0.4) is 0 Å². The van der Waals surface area contributed by atoms with Gasteiger partial charge in [0.1, 0.15) is 6.54 Å². The molecule has 2 aromatic carbocycles. The number of hydrogen-bond donors (Lipinski definition) is 1. The van der Waals surface area contributed by atoms with Gasteiger partial charge in [-0.05, 0) is 67.9 Å². The Morgan fingerprint density at radius 3 is 2.50 bits per heavy atom. The zero-order chi connectivity index (χ0) is 19.7. The Bertz CT molecular complexity index is 959. The van der Waals surface area contributed by atoms with E-state index in [9.17, 15) is 13.2 Å². The highest BCUT2D eigenvalue weighted by molar-refractivity contribution is 7.92. The summed E-state index contributed by atoms with van der Waals surface area (Å²) in [5.74, 6) is 1.03. The lowest BCUT2D eigenvalue weighted by Gasteiger charge is -2.27. The van der Waals surface area contributed by atoms with E-state index in [1.807, 2.05) is 19.1 Å². The largest absolute Gasteiger partial charge is 0.352 e. The molecule has 0 saturated heterocycles. The Labute approximate surface area is 166 Å². The lowest BCUT2D eigenvalue weighted by Crippen LogP contribution is -2.46. The molecule has 0 heterocycles. The minimum absolute atomic E-state index is 0.184. The van der Waals surface area contributed by atoms with E-state index in [2.05, 4.69) is 5.32 Å². The topological polar surface area (TPSA) is 66.5 Å². The summed E-state index contributed by atoms with van der Waals surface area (Å²) in [5.41, 5.74) is 1.45. The Morgan fingerprint density at radius 1 is 1.07 bits per heavy atom. The molecule has 6 heteroatoms. The first-order valence-corrected chi connectivity index (χ1v) is 11.3. The first kappa shape index (κ1) is 19.0. The molecule has 2 bridgehead atoms. The molecule has 2 aliphatic carbocycles. The molecule has 0 spiro atoms. The molecule has 3 atom stereocenters. The second-order valence-electron chi connectivity index (χ2n) is 8.01. The molecule has 0 aromatic heterocycles. The number of nitrogens with one attached hydrogen (secondary N) is 1. The maximum Gasteiger partial charge on any atom is 0.264 e. The lowest BCUT2D eigenvalue weighted by molar-refractivity contribution is -0.120. The Kier molecular flexibility index (Phi) is 5.15. The number of aryl methyl sites for hydroxylation is 1. The zero-order valence-electron chi connectivity index (χ0n) is 16.0. The van der Waals surface area contributed by atoms with Gasteiger partial charge < -0.3 is 5.32 Å². The van der Waals surface area contributed by atoms with Crippen LogP contribution in [0.4, 0.5) is 5.69 Å². The van der Waals surface area contributed by atoms with Gasteiger partial charge in [-0.1, -0.05) is 36.8 Å². The summed E-state index contributed by atoms with van der Waals surface area (Å²) < 4.78 is 27.8. The smallest absolute Gasteiger partial charge is 0.264 e. The van der Waals surface area contributed by atoms with Crippen molar-refractivity contribution in [3.05, 3.63) is 60.2 Å². The van der Waals surface area contributed by atoms with E-state index < -0.39 is 10.0 Å². The molecular weight excluding hydrogens is 372 g/mol. The number of hydrogen-bond acceptors (Lipinski definition) is 3. The number of carbonyl (C=O) groups is 1. The van der Waals surface area contributed by atoms with Crippen molar-refractivity contribution in [2.45, 2.75) is 43.5 Å². The summed E-state index contributed by atoms with van der Waals surface area (Å²) >= 11 is 0.